The lowest BCUT2D eigenvalue weighted by Crippen LogP contribution is -2.43. The Morgan fingerprint density at radius 3 is 2.44 bits per heavy atom. The van der Waals surface area contributed by atoms with Gasteiger partial charge in [-0.25, -0.2) is 4.79 Å². The van der Waals surface area contributed by atoms with Crippen molar-refractivity contribution >= 4 is 17.4 Å². The number of nitrogen functional groups attached to an aromatic ring is 1. The number of anilines is 2. The molecule has 0 aromatic carbocycles. The molecule has 0 atom stereocenters. The lowest BCUT2D eigenvalue weighted by atomic mass is 10.2. The predicted octanol–water partition coefficient (Wildman–Crippen LogP) is -0.193. The van der Waals surface area contributed by atoms with Crippen molar-refractivity contribution in [2.24, 2.45) is 5.92 Å². The number of hydrogen-bond donors (Lipinski definition) is 2. The van der Waals surface area contributed by atoms with E-state index in [-0.39, 0.29) is 37.2 Å². The van der Waals surface area contributed by atoms with Crippen LogP contribution in [-0.4, -0.2) is 62.7 Å². The monoisotopic (exact) mass is 386 g/mol. The minimum atomic E-state index is -0.708. The second-order valence-corrected chi connectivity index (χ2v) is 6.43. The number of nitrogens with two attached hydrogens (primary N) is 1. The number of nitrogens with one attached hydrogen (secondary N) is 1. The molecule has 0 unspecified atom stereocenters. The normalized spacial score (nSPS) is 11.1. The van der Waals surface area contributed by atoms with Gasteiger partial charge in [-0.1, -0.05) is 13.8 Å². The predicted molar refractivity (Wildman–Crippen MR) is 102 cm³/mol. The van der Waals surface area contributed by atoms with Gasteiger partial charge in [0.15, 0.2) is 5.69 Å². The molecule has 0 aliphatic carbocycles. The molecule has 1 rings (SSSR count). The zero-order valence-corrected chi connectivity index (χ0v) is 16.4. The van der Waals surface area contributed by atoms with Gasteiger partial charge in [-0.05, 0) is 12.3 Å². The number of carbonyl (C=O) groups excluding carboxylic acids is 1. The molecule has 10 heteroatoms. The Labute approximate surface area is 158 Å². The van der Waals surface area contributed by atoms with Gasteiger partial charge in [-0.3, -0.25) is 19.1 Å². The number of aromatic amines is 1. The average molecular weight is 386 g/mol. The Morgan fingerprint density at radius 2 is 1.85 bits per heavy atom. The summed E-state index contributed by atoms with van der Waals surface area (Å²) in [6.07, 6.45) is 0.489. The van der Waals surface area contributed by atoms with Crippen LogP contribution in [0.15, 0.2) is 9.59 Å². The zero-order chi connectivity index (χ0) is 20.4. The van der Waals surface area contributed by atoms with E-state index < -0.39 is 17.2 Å². The Hall–Kier alpha value is -2.17. The van der Waals surface area contributed by atoms with Crippen molar-refractivity contribution in [3.05, 3.63) is 20.8 Å². The second-order valence-electron chi connectivity index (χ2n) is 6.43. The number of hydrogen-bond acceptors (Lipinski definition) is 7. The summed E-state index contributed by atoms with van der Waals surface area (Å²) in [6, 6.07) is 0. The highest BCUT2D eigenvalue weighted by atomic mass is 16.5. The van der Waals surface area contributed by atoms with E-state index in [9.17, 15) is 14.4 Å². The van der Waals surface area contributed by atoms with Crippen molar-refractivity contribution in [2.45, 2.75) is 26.8 Å². The van der Waals surface area contributed by atoms with E-state index in [1.807, 2.05) is 13.8 Å². The van der Waals surface area contributed by atoms with Gasteiger partial charge in [0.05, 0.1) is 13.2 Å². The maximum absolute atomic E-state index is 12.6. The Bertz CT molecular complexity index is 712. The molecule has 27 heavy (non-hydrogen) atoms. The van der Waals surface area contributed by atoms with Gasteiger partial charge in [0, 0.05) is 33.9 Å². The summed E-state index contributed by atoms with van der Waals surface area (Å²) in [4.78, 5) is 40.7. The molecule has 1 aromatic heterocycles. The van der Waals surface area contributed by atoms with Crippen LogP contribution in [0.25, 0.3) is 0 Å². The number of methoxy groups -OCH3 is 2. The molecule has 3 N–H and O–H groups in total. The number of carbonyl (C=O) groups is 1. The van der Waals surface area contributed by atoms with Gasteiger partial charge < -0.3 is 24.8 Å². The highest BCUT2D eigenvalue weighted by molar-refractivity contribution is 5.96. The first-order chi connectivity index (χ1) is 12.8. The minimum absolute atomic E-state index is 0.0416. The third-order valence-corrected chi connectivity index (χ3v) is 3.72. The molecule has 0 saturated carbocycles. The first kappa shape index (κ1) is 22.9. The SMILES string of the molecule is COCCCN(C(=O)COCCOC)c1c(N)n(CC(C)C)c(=O)[nH]c1=O. The van der Waals surface area contributed by atoms with Crippen LogP contribution in [0.2, 0.25) is 0 Å². The molecule has 0 saturated heterocycles. The molecule has 154 valence electrons. The zero-order valence-electron chi connectivity index (χ0n) is 16.4. The van der Waals surface area contributed by atoms with Crippen LogP contribution in [0, 0.1) is 5.92 Å². The molecule has 0 aliphatic heterocycles. The highest BCUT2D eigenvalue weighted by Gasteiger charge is 2.24. The maximum atomic E-state index is 12.6. The van der Waals surface area contributed by atoms with E-state index >= 15 is 0 Å². The fraction of sp³-hybridized carbons (Fsp3) is 0.706. The third kappa shape index (κ3) is 6.81. The number of amides is 1. The fourth-order valence-electron chi connectivity index (χ4n) is 2.49. The topological polar surface area (TPSA) is 129 Å². The van der Waals surface area contributed by atoms with Crippen molar-refractivity contribution in [2.75, 3.05) is 57.8 Å². The first-order valence-electron chi connectivity index (χ1n) is 8.82. The van der Waals surface area contributed by atoms with Crippen molar-refractivity contribution < 1.29 is 19.0 Å². The maximum Gasteiger partial charge on any atom is 0.330 e. The Morgan fingerprint density at radius 1 is 1.19 bits per heavy atom. The Kier molecular flexibility index (Phi) is 9.76. The molecule has 0 spiro atoms. The van der Waals surface area contributed by atoms with E-state index in [1.54, 1.807) is 7.11 Å². The molecular formula is C17H30N4O6. The number of nitrogens with zero attached hydrogens (tertiary/aromatic N) is 2. The molecule has 0 radical (unpaired) electrons. The Balaban J connectivity index is 3.21. The summed E-state index contributed by atoms with van der Waals surface area (Å²) in [5.41, 5.74) is 4.75. The quantitative estimate of drug-likeness (QED) is 0.476. The van der Waals surface area contributed by atoms with Crippen LogP contribution >= 0.6 is 0 Å². The van der Waals surface area contributed by atoms with Crippen molar-refractivity contribution in [1.82, 2.24) is 9.55 Å². The summed E-state index contributed by atoms with van der Waals surface area (Å²) >= 11 is 0. The molecule has 10 nitrogen and oxygen atoms in total. The average Bonchev–Trinajstić information content (AvgIpc) is 2.60. The molecule has 1 heterocycles. The van der Waals surface area contributed by atoms with Gasteiger partial charge >= 0.3 is 5.69 Å². The van der Waals surface area contributed by atoms with Gasteiger partial charge in [-0.2, -0.15) is 0 Å². The highest BCUT2D eigenvalue weighted by Crippen LogP contribution is 2.18. The molecule has 0 bridgehead atoms. The smallest absolute Gasteiger partial charge is 0.330 e. The van der Waals surface area contributed by atoms with E-state index in [0.717, 1.165) is 0 Å². The summed E-state index contributed by atoms with van der Waals surface area (Å²) in [5, 5.41) is 0. The van der Waals surface area contributed by atoms with E-state index in [2.05, 4.69) is 4.98 Å². The number of H-pyrrole nitrogens is 1. The lowest BCUT2D eigenvalue weighted by Gasteiger charge is -2.25. The van der Waals surface area contributed by atoms with Crippen molar-refractivity contribution in [3.8, 4) is 0 Å². The standard InChI is InChI=1S/C17H30N4O6/c1-12(2)10-21-15(18)14(16(23)19-17(21)24)20(6-5-7-25-3)13(22)11-27-9-8-26-4/h12H,5-11,18H2,1-4H3,(H,19,23,24). The van der Waals surface area contributed by atoms with Crippen LogP contribution in [0.1, 0.15) is 20.3 Å². The molecule has 0 fully saturated rings. The van der Waals surface area contributed by atoms with E-state index in [1.165, 1.54) is 16.6 Å². The number of aromatic nitrogens is 2. The number of rotatable bonds is 12. The summed E-state index contributed by atoms with van der Waals surface area (Å²) in [5.74, 6) is -0.354. The third-order valence-electron chi connectivity index (χ3n) is 3.72. The van der Waals surface area contributed by atoms with Gasteiger partial charge in [0.25, 0.3) is 11.5 Å². The lowest BCUT2D eigenvalue weighted by molar-refractivity contribution is -0.123. The van der Waals surface area contributed by atoms with Crippen molar-refractivity contribution in [3.63, 3.8) is 0 Å². The summed E-state index contributed by atoms with van der Waals surface area (Å²) < 4.78 is 16.4. The molecule has 0 aliphatic rings. The molecular weight excluding hydrogens is 356 g/mol. The van der Waals surface area contributed by atoms with Gasteiger partial charge in [0.1, 0.15) is 12.4 Å². The molecule has 1 amide bonds. The van der Waals surface area contributed by atoms with Crippen LogP contribution in [0.5, 0.6) is 0 Å². The summed E-state index contributed by atoms with van der Waals surface area (Å²) in [7, 11) is 3.07. The molecule has 1 aromatic rings. The fourth-order valence-corrected chi connectivity index (χ4v) is 2.49. The van der Waals surface area contributed by atoms with E-state index in [0.29, 0.717) is 26.2 Å². The number of ether oxygens (including phenoxy) is 3. The van der Waals surface area contributed by atoms with Crippen LogP contribution < -0.4 is 21.9 Å². The first-order valence-corrected chi connectivity index (χ1v) is 8.82. The van der Waals surface area contributed by atoms with Gasteiger partial charge in [-0.15, -0.1) is 0 Å². The van der Waals surface area contributed by atoms with Crippen LogP contribution in [0.4, 0.5) is 11.5 Å². The summed E-state index contributed by atoms with van der Waals surface area (Å²) in [6.45, 7) is 5.11. The largest absolute Gasteiger partial charge is 0.385 e. The van der Waals surface area contributed by atoms with E-state index in [4.69, 9.17) is 19.9 Å². The van der Waals surface area contributed by atoms with Crippen molar-refractivity contribution in [1.29, 1.82) is 0 Å². The second kappa shape index (κ2) is 11.5. The minimum Gasteiger partial charge on any atom is -0.385 e. The van der Waals surface area contributed by atoms with Crippen LogP contribution in [0.3, 0.4) is 0 Å². The van der Waals surface area contributed by atoms with Crippen LogP contribution in [-0.2, 0) is 25.5 Å². The van der Waals surface area contributed by atoms with Gasteiger partial charge in [0.2, 0.25) is 0 Å².